The SMILES string of the molecule is Br.CCCCCCCCCCCCCCCCCCCCC(O)(CCCCCCCCCCCCCCCCCCCC)CN(C)C. The average molecular weight is 731 g/mol. The van der Waals surface area contributed by atoms with E-state index >= 15 is 0 Å². The third-order valence-electron chi connectivity index (χ3n) is 10.6. The first-order valence-electron chi connectivity index (χ1n) is 21.9. The molecular formula is C44H92BrNO. The van der Waals surface area contributed by atoms with Crippen LogP contribution in [-0.4, -0.2) is 36.2 Å². The zero-order chi connectivity index (χ0) is 33.7. The number of hydrogen-bond acceptors (Lipinski definition) is 2. The van der Waals surface area contributed by atoms with Crippen molar-refractivity contribution in [3.05, 3.63) is 0 Å². The van der Waals surface area contributed by atoms with Gasteiger partial charge in [-0.1, -0.05) is 245 Å². The second kappa shape index (κ2) is 40.8. The molecule has 2 nitrogen and oxygen atoms in total. The highest BCUT2D eigenvalue weighted by molar-refractivity contribution is 8.93. The molecule has 1 N–H and O–H groups in total. The summed E-state index contributed by atoms with van der Waals surface area (Å²) in [6.07, 6.45) is 52.9. The monoisotopic (exact) mass is 730 g/mol. The van der Waals surface area contributed by atoms with E-state index < -0.39 is 5.60 Å². The molecule has 0 rings (SSSR count). The fraction of sp³-hybridized carbons (Fsp3) is 1.00. The zero-order valence-corrected chi connectivity index (χ0v) is 35.1. The van der Waals surface area contributed by atoms with Crippen molar-refractivity contribution in [3.63, 3.8) is 0 Å². The Morgan fingerprint density at radius 3 is 0.660 bits per heavy atom. The van der Waals surface area contributed by atoms with Crippen LogP contribution in [0.2, 0.25) is 0 Å². The second-order valence-electron chi connectivity index (χ2n) is 16.0. The number of unbranched alkanes of at least 4 members (excludes halogenated alkanes) is 34. The van der Waals surface area contributed by atoms with E-state index in [-0.39, 0.29) is 17.0 Å². The predicted octanol–water partition coefficient (Wildman–Crippen LogP) is 15.7. The van der Waals surface area contributed by atoms with E-state index in [2.05, 4.69) is 32.8 Å². The Hall–Kier alpha value is 0.400. The van der Waals surface area contributed by atoms with Crippen molar-refractivity contribution in [2.24, 2.45) is 0 Å². The molecule has 0 heterocycles. The van der Waals surface area contributed by atoms with Gasteiger partial charge in [-0.05, 0) is 26.9 Å². The van der Waals surface area contributed by atoms with Crippen LogP contribution >= 0.6 is 17.0 Å². The molecule has 0 aromatic rings. The van der Waals surface area contributed by atoms with Gasteiger partial charge in [0.1, 0.15) is 0 Å². The minimum atomic E-state index is -0.479. The van der Waals surface area contributed by atoms with Gasteiger partial charge in [-0.15, -0.1) is 17.0 Å². The molecule has 0 saturated heterocycles. The molecule has 0 aromatic heterocycles. The number of halogens is 1. The van der Waals surface area contributed by atoms with Crippen LogP contribution in [-0.2, 0) is 0 Å². The van der Waals surface area contributed by atoms with Gasteiger partial charge in [0.25, 0.3) is 0 Å². The Morgan fingerprint density at radius 1 is 0.319 bits per heavy atom. The quantitative estimate of drug-likeness (QED) is 0.0635. The van der Waals surface area contributed by atoms with E-state index in [9.17, 15) is 5.11 Å². The first-order valence-corrected chi connectivity index (χ1v) is 21.9. The fourth-order valence-corrected chi connectivity index (χ4v) is 7.58. The van der Waals surface area contributed by atoms with Crippen LogP contribution in [0.1, 0.15) is 258 Å². The third-order valence-corrected chi connectivity index (χ3v) is 10.6. The molecule has 0 atom stereocenters. The number of likely N-dealkylation sites (N-methyl/N-ethyl adjacent to an activating group) is 1. The Labute approximate surface area is 309 Å². The Balaban J connectivity index is 0. The van der Waals surface area contributed by atoms with Gasteiger partial charge >= 0.3 is 0 Å². The largest absolute Gasteiger partial charge is 0.389 e. The first kappa shape index (κ1) is 49.5. The molecule has 0 saturated carbocycles. The topological polar surface area (TPSA) is 23.5 Å². The maximum Gasteiger partial charge on any atom is 0.0773 e. The smallest absolute Gasteiger partial charge is 0.0773 e. The lowest BCUT2D eigenvalue weighted by atomic mass is 9.89. The van der Waals surface area contributed by atoms with Crippen molar-refractivity contribution >= 4 is 17.0 Å². The summed E-state index contributed by atoms with van der Waals surface area (Å²) >= 11 is 0. The lowest BCUT2D eigenvalue weighted by Gasteiger charge is -2.31. The summed E-state index contributed by atoms with van der Waals surface area (Å²) in [5.74, 6) is 0. The summed E-state index contributed by atoms with van der Waals surface area (Å²) in [5, 5.41) is 11.4. The average Bonchev–Trinajstić information content (AvgIpc) is 3.03. The van der Waals surface area contributed by atoms with Crippen LogP contribution < -0.4 is 0 Å². The molecule has 0 aliphatic rings. The van der Waals surface area contributed by atoms with Gasteiger partial charge in [-0.25, -0.2) is 0 Å². The van der Waals surface area contributed by atoms with Gasteiger partial charge in [0.15, 0.2) is 0 Å². The summed E-state index contributed by atoms with van der Waals surface area (Å²) in [6, 6.07) is 0. The number of hydrogen-bond donors (Lipinski definition) is 1. The Bertz CT molecular complexity index is 513. The number of nitrogens with zero attached hydrogens (tertiary/aromatic N) is 1. The third kappa shape index (κ3) is 40.7. The van der Waals surface area contributed by atoms with E-state index in [1.165, 1.54) is 231 Å². The van der Waals surface area contributed by atoms with E-state index in [1.807, 2.05) is 0 Å². The first-order chi connectivity index (χ1) is 22.5. The molecule has 0 aliphatic carbocycles. The summed E-state index contributed by atoms with van der Waals surface area (Å²) in [7, 11) is 4.24. The molecule has 0 aliphatic heterocycles. The zero-order valence-electron chi connectivity index (χ0n) is 33.4. The molecule has 0 fully saturated rings. The molecule has 0 radical (unpaired) electrons. The fourth-order valence-electron chi connectivity index (χ4n) is 7.58. The second-order valence-corrected chi connectivity index (χ2v) is 16.0. The van der Waals surface area contributed by atoms with Gasteiger partial charge in [0, 0.05) is 6.54 Å². The van der Waals surface area contributed by atoms with Gasteiger partial charge in [-0.3, -0.25) is 0 Å². The lowest BCUT2D eigenvalue weighted by molar-refractivity contribution is -0.00413. The predicted molar refractivity (Wildman–Crippen MR) is 221 cm³/mol. The molecule has 3 heteroatoms. The van der Waals surface area contributed by atoms with Gasteiger partial charge in [0.05, 0.1) is 5.60 Å². The normalized spacial score (nSPS) is 11.9. The Morgan fingerprint density at radius 2 is 0.489 bits per heavy atom. The molecule has 0 bridgehead atoms. The summed E-state index contributed by atoms with van der Waals surface area (Å²) in [6.45, 7) is 5.43. The van der Waals surface area contributed by atoms with E-state index in [4.69, 9.17) is 0 Å². The molecule has 0 aromatic carbocycles. The van der Waals surface area contributed by atoms with Gasteiger partial charge in [0.2, 0.25) is 0 Å². The van der Waals surface area contributed by atoms with Crippen molar-refractivity contribution in [2.45, 2.75) is 263 Å². The van der Waals surface area contributed by atoms with Crippen LogP contribution in [0.25, 0.3) is 0 Å². The standard InChI is InChI=1S/C44H91NO.BrH/c1-5-7-9-11-13-15-17-19-21-23-25-27-29-31-33-35-37-39-41-44(46,43-45(3)4)42-40-38-36-34-32-30-28-26-24-22-20-18-16-14-12-10-8-6-2;/h46H,5-43H2,1-4H3;1H. The number of rotatable bonds is 40. The van der Waals surface area contributed by atoms with Crippen molar-refractivity contribution in [2.75, 3.05) is 20.6 Å². The number of aliphatic hydroxyl groups is 1. The summed E-state index contributed by atoms with van der Waals surface area (Å²) < 4.78 is 0. The van der Waals surface area contributed by atoms with Crippen molar-refractivity contribution in [1.29, 1.82) is 0 Å². The van der Waals surface area contributed by atoms with Crippen LogP contribution in [0.3, 0.4) is 0 Å². The molecule has 0 amide bonds. The van der Waals surface area contributed by atoms with Gasteiger partial charge < -0.3 is 10.0 Å². The van der Waals surface area contributed by atoms with Crippen LogP contribution in [0, 0.1) is 0 Å². The maximum absolute atomic E-state index is 11.4. The Kier molecular flexibility index (Phi) is 43.0. The minimum Gasteiger partial charge on any atom is -0.389 e. The molecule has 0 spiro atoms. The van der Waals surface area contributed by atoms with Crippen molar-refractivity contribution in [3.8, 4) is 0 Å². The van der Waals surface area contributed by atoms with Crippen LogP contribution in [0.15, 0.2) is 0 Å². The molecular weight excluding hydrogens is 638 g/mol. The maximum atomic E-state index is 11.4. The molecule has 0 unspecified atom stereocenters. The minimum absolute atomic E-state index is 0. The molecule has 286 valence electrons. The van der Waals surface area contributed by atoms with Crippen LogP contribution in [0.4, 0.5) is 0 Å². The van der Waals surface area contributed by atoms with E-state index in [0.29, 0.717) is 0 Å². The highest BCUT2D eigenvalue weighted by Crippen LogP contribution is 2.25. The highest BCUT2D eigenvalue weighted by Gasteiger charge is 2.26. The van der Waals surface area contributed by atoms with Crippen molar-refractivity contribution < 1.29 is 5.11 Å². The molecule has 47 heavy (non-hydrogen) atoms. The highest BCUT2D eigenvalue weighted by atomic mass is 79.9. The lowest BCUT2D eigenvalue weighted by Crippen LogP contribution is -2.40. The summed E-state index contributed by atoms with van der Waals surface area (Å²) in [4.78, 5) is 2.20. The van der Waals surface area contributed by atoms with E-state index in [0.717, 1.165) is 19.4 Å². The van der Waals surface area contributed by atoms with Crippen LogP contribution in [0.5, 0.6) is 0 Å². The van der Waals surface area contributed by atoms with E-state index in [1.54, 1.807) is 0 Å². The van der Waals surface area contributed by atoms with Gasteiger partial charge in [-0.2, -0.15) is 0 Å². The van der Waals surface area contributed by atoms with Crippen molar-refractivity contribution in [1.82, 2.24) is 4.90 Å². The summed E-state index contributed by atoms with van der Waals surface area (Å²) in [5.41, 5.74) is -0.479.